The summed E-state index contributed by atoms with van der Waals surface area (Å²) in [6.45, 7) is 1.74. The maximum absolute atomic E-state index is 11.8. The summed E-state index contributed by atoms with van der Waals surface area (Å²) in [6, 6.07) is 6.02. The molecule has 0 aliphatic carbocycles. The first kappa shape index (κ1) is 14.4. The zero-order valence-corrected chi connectivity index (χ0v) is 11.4. The van der Waals surface area contributed by atoms with Crippen LogP contribution in [0.2, 0.25) is 0 Å². The van der Waals surface area contributed by atoms with Gasteiger partial charge in [0, 0.05) is 19.8 Å². The SMILES string of the molecule is C/C=C/C(=O)Nc1ccc(S(=O)(=O)N(C)C)cc1. The summed E-state index contributed by atoms with van der Waals surface area (Å²) < 4.78 is 24.7. The third-order valence-corrected chi connectivity index (χ3v) is 4.05. The minimum atomic E-state index is -3.43. The molecule has 1 aromatic carbocycles. The number of amides is 1. The van der Waals surface area contributed by atoms with Crippen LogP contribution >= 0.6 is 0 Å². The van der Waals surface area contributed by atoms with Crippen LogP contribution in [0.25, 0.3) is 0 Å². The van der Waals surface area contributed by atoms with Gasteiger partial charge in [-0.1, -0.05) is 6.08 Å². The summed E-state index contributed by atoms with van der Waals surface area (Å²) in [5.74, 6) is -0.249. The average Bonchev–Trinajstić information content (AvgIpc) is 2.29. The van der Waals surface area contributed by atoms with E-state index in [0.717, 1.165) is 4.31 Å². The summed E-state index contributed by atoms with van der Waals surface area (Å²) in [6.07, 6.45) is 3.02. The van der Waals surface area contributed by atoms with Crippen molar-refractivity contribution in [3.05, 3.63) is 36.4 Å². The molecule has 0 fully saturated rings. The van der Waals surface area contributed by atoms with Crippen molar-refractivity contribution < 1.29 is 13.2 Å². The lowest BCUT2D eigenvalue weighted by Crippen LogP contribution is -2.22. The molecule has 0 aliphatic rings. The first-order valence-corrected chi connectivity index (χ1v) is 6.78. The van der Waals surface area contributed by atoms with Gasteiger partial charge in [-0.2, -0.15) is 0 Å². The van der Waals surface area contributed by atoms with Gasteiger partial charge in [-0.25, -0.2) is 12.7 Å². The van der Waals surface area contributed by atoms with E-state index in [1.54, 1.807) is 25.1 Å². The van der Waals surface area contributed by atoms with E-state index in [9.17, 15) is 13.2 Å². The van der Waals surface area contributed by atoms with Gasteiger partial charge >= 0.3 is 0 Å². The van der Waals surface area contributed by atoms with Crippen LogP contribution in [-0.4, -0.2) is 32.7 Å². The molecule has 5 nitrogen and oxygen atoms in total. The molecule has 0 spiro atoms. The topological polar surface area (TPSA) is 66.5 Å². The molecule has 18 heavy (non-hydrogen) atoms. The maximum Gasteiger partial charge on any atom is 0.248 e. The van der Waals surface area contributed by atoms with E-state index in [0.29, 0.717) is 5.69 Å². The molecule has 0 aromatic heterocycles. The molecule has 1 amide bonds. The smallest absolute Gasteiger partial charge is 0.248 e. The van der Waals surface area contributed by atoms with Crippen LogP contribution in [0.3, 0.4) is 0 Å². The minimum Gasteiger partial charge on any atom is -0.323 e. The van der Waals surface area contributed by atoms with Crippen molar-refractivity contribution in [1.29, 1.82) is 0 Å². The Balaban J connectivity index is 2.91. The lowest BCUT2D eigenvalue weighted by molar-refractivity contribution is -0.111. The Hall–Kier alpha value is -1.66. The summed E-state index contributed by atoms with van der Waals surface area (Å²) in [7, 11) is -0.487. The summed E-state index contributed by atoms with van der Waals surface area (Å²) in [5.41, 5.74) is 0.552. The molecular formula is C12H16N2O3S. The number of nitrogens with zero attached hydrogens (tertiary/aromatic N) is 1. The van der Waals surface area contributed by atoms with Crippen molar-refractivity contribution in [2.24, 2.45) is 0 Å². The molecule has 1 aromatic rings. The van der Waals surface area contributed by atoms with Gasteiger partial charge in [-0.05, 0) is 37.3 Å². The molecule has 98 valence electrons. The van der Waals surface area contributed by atoms with Crippen molar-refractivity contribution in [3.8, 4) is 0 Å². The van der Waals surface area contributed by atoms with E-state index < -0.39 is 10.0 Å². The molecule has 0 saturated heterocycles. The Morgan fingerprint density at radius 1 is 1.22 bits per heavy atom. The quantitative estimate of drug-likeness (QED) is 0.840. The van der Waals surface area contributed by atoms with Gasteiger partial charge in [-0.15, -0.1) is 0 Å². The average molecular weight is 268 g/mol. The Bertz CT molecular complexity index is 545. The van der Waals surface area contributed by atoms with Crippen LogP contribution in [-0.2, 0) is 14.8 Å². The van der Waals surface area contributed by atoms with E-state index in [1.807, 2.05) is 0 Å². The highest BCUT2D eigenvalue weighted by Gasteiger charge is 2.16. The molecule has 0 radical (unpaired) electrons. The largest absolute Gasteiger partial charge is 0.323 e. The van der Waals surface area contributed by atoms with E-state index in [-0.39, 0.29) is 10.8 Å². The Morgan fingerprint density at radius 3 is 2.22 bits per heavy atom. The minimum absolute atomic E-state index is 0.191. The highest BCUT2D eigenvalue weighted by molar-refractivity contribution is 7.89. The van der Waals surface area contributed by atoms with E-state index in [1.165, 1.54) is 32.3 Å². The molecule has 1 rings (SSSR count). The molecule has 0 bridgehead atoms. The molecule has 0 saturated carbocycles. The Morgan fingerprint density at radius 2 is 1.78 bits per heavy atom. The molecule has 0 aliphatic heterocycles. The number of allylic oxidation sites excluding steroid dienone is 1. The van der Waals surface area contributed by atoms with Gasteiger partial charge in [-0.3, -0.25) is 4.79 Å². The second-order valence-corrected chi connectivity index (χ2v) is 5.95. The fraction of sp³-hybridized carbons (Fsp3) is 0.250. The van der Waals surface area contributed by atoms with Crippen molar-refractivity contribution >= 4 is 21.6 Å². The summed E-state index contributed by atoms with van der Waals surface area (Å²) >= 11 is 0. The fourth-order valence-corrected chi connectivity index (χ4v) is 2.16. The first-order chi connectivity index (χ1) is 8.37. The lowest BCUT2D eigenvalue weighted by Gasteiger charge is -2.11. The maximum atomic E-state index is 11.8. The van der Waals surface area contributed by atoms with Gasteiger partial charge in [0.2, 0.25) is 15.9 Å². The number of hydrogen-bond donors (Lipinski definition) is 1. The van der Waals surface area contributed by atoms with Crippen LogP contribution in [0.1, 0.15) is 6.92 Å². The second-order valence-electron chi connectivity index (χ2n) is 3.80. The summed E-state index contributed by atoms with van der Waals surface area (Å²) in [5, 5.41) is 2.62. The third kappa shape index (κ3) is 3.41. The highest BCUT2D eigenvalue weighted by Crippen LogP contribution is 2.16. The van der Waals surface area contributed by atoms with Crippen molar-refractivity contribution in [3.63, 3.8) is 0 Å². The number of nitrogens with one attached hydrogen (secondary N) is 1. The van der Waals surface area contributed by atoms with Gasteiger partial charge in [0.15, 0.2) is 0 Å². The monoisotopic (exact) mass is 268 g/mol. The van der Waals surface area contributed by atoms with Crippen LogP contribution < -0.4 is 5.32 Å². The zero-order valence-electron chi connectivity index (χ0n) is 10.5. The summed E-state index contributed by atoms with van der Waals surface area (Å²) in [4.78, 5) is 11.5. The van der Waals surface area contributed by atoms with Crippen molar-refractivity contribution in [2.75, 3.05) is 19.4 Å². The van der Waals surface area contributed by atoms with Crippen molar-refractivity contribution in [1.82, 2.24) is 4.31 Å². The predicted octanol–water partition coefficient (Wildman–Crippen LogP) is 1.45. The Labute approximate surface area is 107 Å². The number of benzene rings is 1. The Kier molecular flexibility index (Phi) is 4.63. The predicted molar refractivity (Wildman–Crippen MR) is 70.8 cm³/mol. The van der Waals surface area contributed by atoms with Crippen LogP contribution in [0.4, 0.5) is 5.69 Å². The molecule has 1 N–H and O–H groups in total. The normalized spacial score (nSPS) is 12.0. The molecule has 6 heteroatoms. The van der Waals surface area contributed by atoms with E-state index in [2.05, 4.69) is 5.32 Å². The number of anilines is 1. The number of sulfonamides is 1. The molecular weight excluding hydrogens is 252 g/mol. The van der Waals surface area contributed by atoms with E-state index in [4.69, 9.17) is 0 Å². The van der Waals surface area contributed by atoms with Crippen LogP contribution in [0.5, 0.6) is 0 Å². The fourth-order valence-electron chi connectivity index (χ4n) is 1.26. The number of hydrogen-bond acceptors (Lipinski definition) is 3. The van der Waals surface area contributed by atoms with Crippen LogP contribution in [0.15, 0.2) is 41.3 Å². The molecule has 0 atom stereocenters. The zero-order chi connectivity index (χ0) is 13.8. The van der Waals surface area contributed by atoms with Crippen LogP contribution in [0, 0.1) is 0 Å². The standard InChI is InChI=1S/C12H16N2O3S/c1-4-5-12(15)13-10-6-8-11(9-7-10)18(16,17)14(2)3/h4-9H,1-3H3,(H,13,15)/b5-4+. The number of carbonyl (C=O) groups excluding carboxylic acids is 1. The first-order valence-electron chi connectivity index (χ1n) is 5.34. The van der Waals surface area contributed by atoms with Gasteiger partial charge in [0.1, 0.15) is 0 Å². The second kappa shape index (κ2) is 5.79. The molecule has 0 unspecified atom stereocenters. The third-order valence-electron chi connectivity index (χ3n) is 2.22. The highest BCUT2D eigenvalue weighted by atomic mass is 32.2. The van der Waals surface area contributed by atoms with Gasteiger partial charge < -0.3 is 5.32 Å². The van der Waals surface area contributed by atoms with Crippen molar-refractivity contribution in [2.45, 2.75) is 11.8 Å². The van der Waals surface area contributed by atoms with Gasteiger partial charge in [0.25, 0.3) is 0 Å². The van der Waals surface area contributed by atoms with Gasteiger partial charge in [0.05, 0.1) is 4.90 Å². The number of carbonyl (C=O) groups is 1. The molecule has 0 heterocycles. The van der Waals surface area contributed by atoms with E-state index >= 15 is 0 Å². The lowest BCUT2D eigenvalue weighted by atomic mass is 10.3. The number of rotatable bonds is 4.